The molecule has 0 radical (unpaired) electrons. The molecule has 0 aliphatic rings. The predicted octanol–water partition coefficient (Wildman–Crippen LogP) is 5.22. The minimum absolute atomic E-state index is 0.0457. The number of rotatable bonds is 7. The first-order valence-corrected chi connectivity index (χ1v) is 9.90. The van der Waals surface area contributed by atoms with Gasteiger partial charge in [0.15, 0.2) is 23.4 Å². The molecule has 162 valence electrons. The number of para-hydroxylation sites is 3. The molecule has 0 saturated carbocycles. The fraction of sp³-hybridized carbons (Fsp3) is 0.120. The van der Waals surface area contributed by atoms with Crippen molar-refractivity contribution >= 4 is 28.3 Å². The van der Waals surface area contributed by atoms with Crippen molar-refractivity contribution in [2.24, 2.45) is 0 Å². The SMILES string of the molecule is COc1ccccc1O[C@H](C)C(=O)Nc1c(C(=O)c2ccc(F)cc2)oc2ccccc12. The van der Waals surface area contributed by atoms with Gasteiger partial charge in [-0.1, -0.05) is 24.3 Å². The highest BCUT2D eigenvalue weighted by molar-refractivity contribution is 6.17. The van der Waals surface area contributed by atoms with Crippen LogP contribution in [0.2, 0.25) is 0 Å². The monoisotopic (exact) mass is 433 g/mol. The topological polar surface area (TPSA) is 77.8 Å². The summed E-state index contributed by atoms with van der Waals surface area (Å²) < 4.78 is 30.1. The van der Waals surface area contributed by atoms with Gasteiger partial charge in [0.2, 0.25) is 5.78 Å². The normalized spacial score (nSPS) is 11.7. The molecule has 1 N–H and O–H groups in total. The van der Waals surface area contributed by atoms with E-state index < -0.39 is 23.6 Å². The molecule has 4 aromatic rings. The summed E-state index contributed by atoms with van der Waals surface area (Å²) in [6, 6.07) is 19.1. The minimum atomic E-state index is -0.895. The molecular weight excluding hydrogens is 413 g/mol. The van der Waals surface area contributed by atoms with Crippen molar-refractivity contribution in [3.63, 3.8) is 0 Å². The van der Waals surface area contributed by atoms with Crippen LogP contribution in [0, 0.1) is 5.82 Å². The molecule has 32 heavy (non-hydrogen) atoms. The molecule has 7 heteroatoms. The number of hydrogen-bond donors (Lipinski definition) is 1. The molecule has 0 fully saturated rings. The van der Waals surface area contributed by atoms with Gasteiger partial charge in [-0.05, 0) is 55.5 Å². The summed E-state index contributed by atoms with van der Waals surface area (Å²) in [6.07, 6.45) is -0.895. The number of benzene rings is 3. The Morgan fingerprint density at radius 1 is 0.938 bits per heavy atom. The number of anilines is 1. The number of nitrogens with one attached hydrogen (secondary N) is 1. The molecule has 1 atom stereocenters. The maximum atomic E-state index is 13.3. The number of furan rings is 1. The van der Waals surface area contributed by atoms with Gasteiger partial charge in [0.1, 0.15) is 11.4 Å². The Balaban J connectivity index is 1.64. The number of carbonyl (C=O) groups is 2. The lowest BCUT2D eigenvalue weighted by atomic mass is 10.1. The molecule has 0 bridgehead atoms. The maximum Gasteiger partial charge on any atom is 0.265 e. The van der Waals surface area contributed by atoms with Gasteiger partial charge < -0.3 is 19.2 Å². The molecule has 0 spiro atoms. The van der Waals surface area contributed by atoms with E-state index in [1.54, 1.807) is 55.5 Å². The van der Waals surface area contributed by atoms with Crippen LogP contribution < -0.4 is 14.8 Å². The average molecular weight is 433 g/mol. The number of halogens is 1. The van der Waals surface area contributed by atoms with Gasteiger partial charge in [0.05, 0.1) is 12.8 Å². The van der Waals surface area contributed by atoms with Crippen LogP contribution in [-0.2, 0) is 4.79 Å². The molecule has 0 saturated heterocycles. The zero-order valence-corrected chi connectivity index (χ0v) is 17.4. The minimum Gasteiger partial charge on any atom is -0.493 e. The Bertz CT molecular complexity index is 1280. The van der Waals surface area contributed by atoms with Crippen molar-refractivity contribution in [3.8, 4) is 11.5 Å². The van der Waals surface area contributed by atoms with Crippen LogP contribution in [0.5, 0.6) is 11.5 Å². The Labute approximate surface area is 183 Å². The Hall–Kier alpha value is -4.13. The van der Waals surface area contributed by atoms with Crippen molar-refractivity contribution in [1.82, 2.24) is 0 Å². The lowest BCUT2D eigenvalue weighted by Crippen LogP contribution is -2.30. The third-order valence-corrected chi connectivity index (χ3v) is 4.90. The summed E-state index contributed by atoms with van der Waals surface area (Å²) in [4.78, 5) is 26.0. The fourth-order valence-electron chi connectivity index (χ4n) is 3.25. The number of carbonyl (C=O) groups excluding carboxylic acids is 2. The number of amides is 1. The standard InChI is InChI=1S/C25H20FNO5/c1-15(31-21-10-6-5-9-20(21)30-2)25(29)27-22-18-7-3-4-8-19(18)32-24(22)23(28)16-11-13-17(26)14-12-16/h3-15H,1-2H3,(H,27,29)/t15-/m1/s1. The predicted molar refractivity (Wildman–Crippen MR) is 118 cm³/mol. The van der Waals surface area contributed by atoms with Gasteiger partial charge in [-0.2, -0.15) is 0 Å². The van der Waals surface area contributed by atoms with Crippen LogP contribution in [0.3, 0.4) is 0 Å². The van der Waals surface area contributed by atoms with Crippen molar-refractivity contribution < 1.29 is 27.9 Å². The van der Waals surface area contributed by atoms with Crippen molar-refractivity contribution in [3.05, 3.63) is 89.9 Å². The molecule has 1 amide bonds. The first-order chi connectivity index (χ1) is 15.5. The second-order valence-corrected chi connectivity index (χ2v) is 7.04. The van der Waals surface area contributed by atoms with Gasteiger partial charge in [-0.3, -0.25) is 9.59 Å². The van der Waals surface area contributed by atoms with E-state index in [0.717, 1.165) is 0 Å². The van der Waals surface area contributed by atoms with Crippen molar-refractivity contribution in [1.29, 1.82) is 0 Å². The highest BCUT2D eigenvalue weighted by Gasteiger charge is 2.26. The van der Waals surface area contributed by atoms with Gasteiger partial charge in [-0.25, -0.2) is 4.39 Å². The summed E-state index contributed by atoms with van der Waals surface area (Å²) in [6.45, 7) is 1.59. The lowest BCUT2D eigenvalue weighted by molar-refractivity contribution is -0.122. The summed E-state index contributed by atoms with van der Waals surface area (Å²) in [5.74, 6) is -0.548. The zero-order chi connectivity index (χ0) is 22.7. The highest BCUT2D eigenvalue weighted by atomic mass is 19.1. The number of methoxy groups -OCH3 is 1. The van der Waals surface area contributed by atoms with E-state index >= 15 is 0 Å². The molecule has 0 unspecified atom stereocenters. The van der Waals surface area contributed by atoms with E-state index in [1.807, 2.05) is 0 Å². The molecule has 0 aliphatic carbocycles. The van der Waals surface area contributed by atoms with Gasteiger partial charge in [0, 0.05) is 10.9 Å². The quantitative estimate of drug-likeness (QED) is 0.405. The van der Waals surface area contributed by atoms with Crippen molar-refractivity contribution in [2.75, 3.05) is 12.4 Å². The molecule has 0 aliphatic heterocycles. The lowest BCUT2D eigenvalue weighted by Gasteiger charge is -2.16. The fourth-order valence-corrected chi connectivity index (χ4v) is 3.25. The van der Waals surface area contributed by atoms with E-state index in [2.05, 4.69) is 5.32 Å². The Kier molecular flexibility index (Phi) is 5.89. The van der Waals surface area contributed by atoms with Gasteiger partial charge >= 0.3 is 0 Å². The second kappa shape index (κ2) is 8.93. The molecule has 4 rings (SSSR count). The first-order valence-electron chi connectivity index (χ1n) is 9.90. The molecule has 1 heterocycles. The van der Waals surface area contributed by atoms with E-state index in [-0.39, 0.29) is 17.0 Å². The Morgan fingerprint density at radius 2 is 1.59 bits per heavy atom. The molecule has 3 aromatic carbocycles. The summed E-state index contributed by atoms with van der Waals surface area (Å²) in [5, 5.41) is 3.33. The molecule has 6 nitrogen and oxygen atoms in total. The maximum absolute atomic E-state index is 13.3. The van der Waals surface area contributed by atoms with Crippen LogP contribution in [0.15, 0.2) is 77.2 Å². The van der Waals surface area contributed by atoms with Crippen LogP contribution >= 0.6 is 0 Å². The van der Waals surface area contributed by atoms with Crippen molar-refractivity contribution in [2.45, 2.75) is 13.0 Å². The van der Waals surface area contributed by atoms with Gasteiger partial charge in [-0.15, -0.1) is 0 Å². The van der Waals surface area contributed by atoms with Crippen LogP contribution in [0.4, 0.5) is 10.1 Å². The summed E-state index contributed by atoms with van der Waals surface area (Å²) in [7, 11) is 1.51. The third-order valence-electron chi connectivity index (χ3n) is 4.90. The van der Waals surface area contributed by atoms with Crippen LogP contribution in [0.1, 0.15) is 23.0 Å². The average Bonchev–Trinajstić information content (AvgIpc) is 3.17. The van der Waals surface area contributed by atoms with Gasteiger partial charge in [0.25, 0.3) is 5.91 Å². The number of ether oxygens (including phenoxy) is 2. The van der Waals surface area contributed by atoms with E-state index in [0.29, 0.717) is 22.5 Å². The first kappa shape index (κ1) is 21.1. The molecule has 1 aromatic heterocycles. The van der Waals surface area contributed by atoms with Crippen LogP contribution in [-0.4, -0.2) is 24.9 Å². The summed E-state index contributed by atoms with van der Waals surface area (Å²) in [5.41, 5.74) is 0.904. The molecular formula is C25H20FNO5. The van der Waals surface area contributed by atoms with E-state index in [4.69, 9.17) is 13.9 Å². The Morgan fingerprint density at radius 3 is 2.31 bits per heavy atom. The smallest absolute Gasteiger partial charge is 0.265 e. The second-order valence-electron chi connectivity index (χ2n) is 7.04. The zero-order valence-electron chi connectivity index (χ0n) is 17.4. The van der Waals surface area contributed by atoms with E-state index in [9.17, 15) is 14.0 Å². The van der Waals surface area contributed by atoms with Crippen LogP contribution in [0.25, 0.3) is 11.0 Å². The largest absolute Gasteiger partial charge is 0.493 e. The third kappa shape index (κ3) is 4.18. The number of fused-ring (bicyclic) bond motifs is 1. The number of ketones is 1. The highest BCUT2D eigenvalue weighted by Crippen LogP contribution is 2.33. The van der Waals surface area contributed by atoms with E-state index in [1.165, 1.54) is 31.4 Å². The summed E-state index contributed by atoms with van der Waals surface area (Å²) >= 11 is 0. The number of hydrogen-bond acceptors (Lipinski definition) is 5.